The van der Waals surface area contributed by atoms with Gasteiger partial charge in [0.05, 0.1) is 17.5 Å². The molecule has 0 bridgehead atoms. The summed E-state index contributed by atoms with van der Waals surface area (Å²) in [6, 6.07) is 1.84. The third kappa shape index (κ3) is 3.39. The molecule has 1 saturated heterocycles. The molecule has 2 aliphatic carbocycles. The maximum absolute atomic E-state index is 13.1. The highest BCUT2D eigenvalue weighted by atomic mass is 16.3. The van der Waals surface area contributed by atoms with Crippen molar-refractivity contribution < 1.29 is 9.90 Å². The molecule has 5 rings (SSSR count). The number of rotatable bonds is 5. The van der Waals surface area contributed by atoms with Crippen molar-refractivity contribution in [1.82, 2.24) is 20.3 Å². The standard InChI is InChI=1S/C22H31N5O2/c1-14(18(28)15-4-2-3-5-15)26-21(29)17-7-11-27(12-22(17)8-9-22)20-16-6-10-23-19(16)24-13-25-20/h6,10,13-15,17-18,28H,2-5,7-9,11-12H2,1H3,(H,26,29)(H,23,24,25)/t14-,17-,18-/m1/s1. The van der Waals surface area contributed by atoms with E-state index in [2.05, 4.69) is 25.2 Å². The van der Waals surface area contributed by atoms with Crippen LogP contribution in [0.2, 0.25) is 0 Å². The van der Waals surface area contributed by atoms with E-state index in [0.29, 0.717) is 5.92 Å². The van der Waals surface area contributed by atoms with Crippen molar-refractivity contribution in [2.45, 2.75) is 64.0 Å². The number of hydrogen-bond acceptors (Lipinski definition) is 5. The van der Waals surface area contributed by atoms with Crippen LogP contribution >= 0.6 is 0 Å². The van der Waals surface area contributed by atoms with E-state index in [0.717, 1.165) is 62.0 Å². The number of aromatic nitrogens is 3. The predicted octanol–water partition coefficient (Wildman–Crippen LogP) is 2.62. The Hall–Kier alpha value is -2.15. The van der Waals surface area contributed by atoms with Gasteiger partial charge in [0.25, 0.3) is 0 Å². The molecule has 1 aliphatic heterocycles. The van der Waals surface area contributed by atoms with Gasteiger partial charge < -0.3 is 20.3 Å². The van der Waals surface area contributed by atoms with Gasteiger partial charge in [0, 0.05) is 25.2 Å². The van der Waals surface area contributed by atoms with Gasteiger partial charge >= 0.3 is 0 Å². The number of anilines is 1. The van der Waals surface area contributed by atoms with E-state index in [-0.39, 0.29) is 23.3 Å². The molecule has 3 heterocycles. The summed E-state index contributed by atoms with van der Waals surface area (Å²) in [6.45, 7) is 3.64. The molecular weight excluding hydrogens is 366 g/mol. The van der Waals surface area contributed by atoms with E-state index in [9.17, 15) is 9.90 Å². The topological polar surface area (TPSA) is 94.1 Å². The molecule has 3 aliphatic rings. The lowest BCUT2D eigenvalue weighted by molar-refractivity contribution is -0.129. The summed E-state index contributed by atoms with van der Waals surface area (Å²) in [5.74, 6) is 1.46. The van der Waals surface area contributed by atoms with Gasteiger partial charge in [0.15, 0.2) is 0 Å². The molecule has 3 fully saturated rings. The Kier molecular flexibility index (Phi) is 4.73. The van der Waals surface area contributed by atoms with Gasteiger partial charge in [-0.3, -0.25) is 4.79 Å². The molecular formula is C22H31N5O2. The van der Waals surface area contributed by atoms with E-state index in [4.69, 9.17) is 0 Å². The Balaban J connectivity index is 1.26. The van der Waals surface area contributed by atoms with E-state index in [1.807, 2.05) is 19.2 Å². The van der Waals surface area contributed by atoms with Crippen LogP contribution in [0.5, 0.6) is 0 Å². The fraction of sp³-hybridized carbons (Fsp3) is 0.682. The Morgan fingerprint density at radius 2 is 2.10 bits per heavy atom. The van der Waals surface area contributed by atoms with E-state index >= 15 is 0 Å². The maximum atomic E-state index is 13.1. The molecule has 0 aromatic carbocycles. The number of fused-ring (bicyclic) bond motifs is 1. The number of carbonyl (C=O) groups is 1. The molecule has 2 aromatic heterocycles. The van der Waals surface area contributed by atoms with Crippen LogP contribution in [0, 0.1) is 17.3 Å². The third-order valence-corrected chi connectivity index (χ3v) is 7.54. The van der Waals surface area contributed by atoms with Gasteiger partial charge in [-0.1, -0.05) is 12.8 Å². The van der Waals surface area contributed by atoms with Crippen LogP contribution < -0.4 is 10.2 Å². The number of hydrogen-bond donors (Lipinski definition) is 3. The number of nitrogens with one attached hydrogen (secondary N) is 2. The van der Waals surface area contributed by atoms with Crippen molar-refractivity contribution in [2.24, 2.45) is 17.3 Å². The number of aromatic amines is 1. The highest BCUT2D eigenvalue weighted by Gasteiger charge is 2.55. The van der Waals surface area contributed by atoms with Crippen molar-refractivity contribution in [3.8, 4) is 0 Å². The highest BCUT2D eigenvalue weighted by Crippen LogP contribution is 2.56. The van der Waals surface area contributed by atoms with Crippen LogP contribution in [-0.2, 0) is 4.79 Å². The number of nitrogens with zero attached hydrogens (tertiary/aromatic N) is 3. The smallest absolute Gasteiger partial charge is 0.224 e. The summed E-state index contributed by atoms with van der Waals surface area (Å²) in [4.78, 5) is 27.4. The first-order valence-corrected chi connectivity index (χ1v) is 11.1. The Bertz CT molecular complexity index is 886. The SMILES string of the molecule is C[C@@H](NC(=O)[C@H]1CCN(c2ncnc3[nH]ccc23)CC12CC2)[C@@H](O)C1CCCC1. The second-order valence-corrected chi connectivity index (χ2v) is 9.39. The van der Waals surface area contributed by atoms with Gasteiger partial charge in [-0.05, 0) is 56.4 Å². The van der Waals surface area contributed by atoms with Gasteiger partial charge in [-0.25, -0.2) is 9.97 Å². The zero-order chi connectivity index (χ0) is 20.0. The van der Waals surface area contributed by atoms with Gasteiger partial charge in [0.2, 0.25) is 5.91 Å². The lowest BCUT2D eigenvalue weighted by Crippen LogP contribution is -2.52. The molecule has 2 aromatic rings. The molecule has 3 N–H and O–H groups in total. The molecule has 2 saturated carbocycles. The van der Waals surface area contributed by atoms with Crippen LogP contribution in [0.4, 0.5) is 5.82 Å². The van der Waals surface area contributed by atoms with E-state index in [1.54, 1.807) is 6.33 Å². The fourth-order valence-corrected chi connectivity index (χ4v) is 5.65. The van der Waals surface area contributed by atoms with Crippen molar-refractivity contribution >= 4 is 22.8 Å². The Morgan fingerprint density at radius 1 is 1.31 bits per heavy atom. The van der Waals surface area contributed by atoms with Gasteiger partial charge in [0.1, 0.15) is 17.8 Å². The second-order valence-electron chi connectivity index (χ2n) is 9.39. The largest absolute Gasteiger partial charge is 0.391 e. The monoisotopic (exact) mass is 397 g/mol. The molecule has 156 valence electrons. The lowest BCUT2D eigenvalue weighted by atomic mass is 9.81. The number of amides is 1. The minimum absolute atomic E-state index is 0.0283. The zero-order valence-electron chi connectivity index (χ0n) is 17.1. The van der Waals surface area contributed by atoms with E-state index < -0.39 is 6.10 Å². The summed E-state index contributed by atoms with van der Waals surface area (Å²) in [6.07, 6.45) is 10.6. The average Bonchev–Trinajstić information content (AvgIpc) is 3.16. The van der Waals surface area contributed by atoms with Crippen LogP contribution in [-0.4, -0.2) is 51.2 Å². The first kappa shape index (κ1) is 18.9. The molecule has 0 unspecified atom stereocenters. The molecule has 7 heteroatoms. The minimum Gasteiger partial charge on any atom is -0.391 e. The molecule has 1 spiro atoms. The molecule has 29 heavy (non-hydrogen) atoms. The predicted molar refractivity (Wildman–Crippen MR) is 111 cm³/mol. The van der Waals surface area contributed by atoms with Crippen molar-refractivity contribution in [1.29, 1.82) is 0 Å². The van der Waals surface area contributed by atoms with Crippen LogP contribution in [0.15, 0.2) is 18.6 Å². The molecule has 3 atom stereocenters. The number of aliphatic hydroxyl groups excluding tert-OH is 1. The Morgan fingerprint density at radius 3 is 2.86 bits per heavy atom. The van der Waals surface area contributed by atoms with Crippen molar-refractivity contribution in [3.63, 3.8) is 0 Å². The van der Waals surface area contributed by atoms with Crippen LogP contribution in [0.3, 0.4) is 0 Å². The average molecular weight is 398 g/mol. The molecule has 7 nitrogen and oxygen atoms in total. The summed E-state index contributed by atoms with van der Waals surface area (Å²) in [5.41, 5.74) is 0.906. The summed E-state index contributed by atoms with van der Waals surface area (Å²) >= 11 is 0. The quantitative estimate of drug-likeness (QED) is 0.721. The number of H-pyrrole nitrogens is 1. The van der Waals surface area contributed by atoms with Crippen molar-refractivity contribution in [3.05, 3.63) is 18.6 Å². The summed E-state index contributed by atoms with van der Waals surface area (Å²) in [5, 5.41) is 14.8. The van der Waals surface area contributed by atoms with Crippen LogP contribution in [0.25, 0.3) is 11.0 Å². The first-order valence-electron chi connectivity index (χ1n) is 11.1. The molecule has 0 radical (unpaired) electrons. The fourth-order valence-electron chi connectivity index (χ4n) is 5.65. The first-order chi connectivity index (χ1) is 14.1. The number of piperidine rings is 1. The second kappa shape index (κ2) is 7.27. The van der Waals surface area contributed by atoms with E-state index in [1.165, 1.54) is 12.8 Å². The Labute approximate surface area is 171 Å². The number of aliphatic hydroxyl groups is 1. The highest BCUT2D eigenvalue weighted by molar-refractivity contribution is 5.87. The maximum Gasteiger partial charge on any atom is 0.224 e. The molecule has 1 amide bonds. The third-order valence-electron chi connectivity index (χ3n) is 7.54. The summed E-state index contributed by atoms with van der Waals surface area (Å²) < 4.78 is 0. The minimum atomic E-state index is -0.431. The normalized spacial score (nSPS) is 26.0. The zero-order valence-corrected chi connectivity index (χ0v) is 17.1. The van der Waals surface area contributed by atoms with Gasteiger partial charge in [-0.2, -0.15) is 0 Å². The van der Waals surface area contributed by atoms with Gasteiger partial charge in [-0.15, -0.1) is 0 Å². The summed E-state index contributed by atoms with van der Waals surface area (Å²) in [7, 11) is 0. The van der Waals surface area contributed by atoms with Crippen LogP contribution in [0.1, 0.15) is 51.9 Å². The number of carbonyl (C=O) groups excluding carboxylic acids is 1. The van der Waals surface area contributed by atoms with Crippen molar-refractivity contribution in [2.75, 3.05) is 18.0 Å². The lowest BCUT2D eigenvalue weighted by Gasteiger charge is -2.40.